The van der Waals surface area contributed by atoms with E-state index < -0.39 is 5.25 Å². The van der Waals surface area contributed by atoms with Gasteiger partial charge in [-0.25, -0.2) is 4.98 Å². The number of nitrogens with one attached hydrogen (secondary N) is 2. The van der Waals surface area contributed by atoms with E-state index >= 15 is 0 Å². The number of thioether (sulfide) groups is 1. The van der Waals surface area contributed by atoms with E-state index in [-0.39, 0.29) is 16.7 Å². The van der Waals surface area contributed by atoms with Crippen molar-refractivity contribution in [3.8, 4) is 0 Å². The predicted molar refractivity (Wildman–Crippen MR) is 113 cm³/mol. The van der Waals surface area contributed by atoms with Crippen LogP contribution in [0.5, 0.6) is 0 Å². The third-order valence-electron chi connectivity index (χ3n) is 3.37. The van der Waals surface area contributed by atoms with Gasteiger partial charge in [-0.1, -0.05) is 58.4 Å². The summed E-state index contributed by atoms with van der Waals surface area (Å²) in [5, 5.41) is 15.1. The van der Waals surface area contributed by atoms with Crippen molar-refractivity contribution >= 4 is 68.8 Å². The lowest BCUT2D eigenvalue weighted by Crippen LogP contribution is -2.23. The van der Waals surface area contributed by atoms with Crippen LogP contribution in [0.25, 0.3) is 0 Å². The lowest BCUT2D eigenvalue weighted by Gasteiger charge is -2.10. The van der Waals surface area contributed by atoms with E-state index in [2.05, 4.69) is 25.8 Å². The summed E-state index contributed by atoms with van der Waals surface area (Å²) in [5.74, 6) is 0.0395. The number of nitrogens with zero attached hydrogens (tertiary/aromatic N) is 3. The molecule has 6 nitrogen and oxygen atoms in total. The van der Waals surface area contributed by atoms with Crippen molar-refractivity contribution in [2.24, 2.45) is 0 Å². The Kier molecular flexibility index (Phi) is 6.54. The third kappa shape index (κ3) is 5.55. The zero-order valence-electron chi connectivity index (χ0n) is 14.4. The quantitative estimate of drug-likeness (QED) is 0.499. The molecule has 0 aliphatic rings. The maximum absolute atomic E-state index is 12.4. The summed E-state index contributed by atoms with van der Waals surface area (Å²) in [4.78, 5) is 16.4. The van der Waals surface area contributed by atoms with Gasteiger partial charge in [0, 0.05) is 11.9 Å². The van der Waals surface area contributed by atoms with Crippen LogP contribution in [0.15, 0.2) is 40.9 Å². The smallest absolute Gasteiger partial charge is 0.238 e. The van der Waals surface area contributed by atoms with Crippen molar-refractivity contribution in [3.05, 3.63) is 52.1 Å². The minimum absolute atomic E-state index is 0.236. The number of aromatic nitrogens is 3. The first kappa shape index (κ1) is 19.9. The maximum Gasteiger partial charge on any atom is 0.238 e. The fourth-order valence-electron chi connectivity index (χ4n) is 2.08. The first-order valence-electron chi connectivity index (χ1n) is 7.86. The molecule has 2 N–H and O–H groups in total. The molecule has 1 amide bonds. The van der Waals surface area contributed by atoms with Crippen molar-refractivity contribution in [2.75, 3.05) is 10.6 Å². The molecule has 0 aliphatic carbocycles. The Morgan fingerprint density at radius 2 is 2.07 bits per heavy atom. The summed E-state index contributed by atoms with van der Waals surface area (Å²) in [6.45, 7) is 3.80. The predicted octanol–water partition coefficient (Wildman–Crippen LogP) is 5.41. The Hall–Kier alpha value is -1.87. The highest BCUT2D eigenvalue weighted by atomic mass is 35.5. The number of benzene rings is 1. The highest BCUT2D eigenvalue weighted by Crippen LogP contribution is 2.31. The van der Waals surface area contributed by atoms with Crippen LogP contribution in [-0.4, -0.2) is 26.3 Å². The second-order valence-corrected chi connectivity index (χ2v) is 9.01. The molecule has 2 heterocycles. The average molecular weight is 440 g/mol. The minimum Gasteiger partial charge on any atom is -0.330 e. The van der Waals surface area contributed by atoms with Crippen LogP contribution < -0.4 is 10.6 Å². The van der Waals surface area contributed by atoms with Gasteiger partial charge < -0.3 is 10.6 Å². The van der Waals surface area contributed by atoms with E-state index in [1.54, 1.807) is 6.92 Å². The van der Waals surface area contributed by atoms with Gasteiger partial charge in [0.1, 0.15) is 0 Å². The molecule has 0 spiro atoms. The monoisotopic (exact) mass is 439 g/mol. The second kappa shape index (κ2) is 8.88. The van der Waals surface area contributed by atoms with Gasteiger partial charge >= 0.3 is 0 Å². The molecule has 140 valence electrons. The van der Waals surface area contributed by atoms with E-state index in [4.69, 9.17) is 23.2 Å². The van der Waals surface area contributed by atoms with E-state index in [1.165, 1.54) is 35.4 Å². The number of hydrogen-bond acceptors (Lipinski definition) is 7. The van der Waals surface area contributed by atoms with Crippen molar-refractivity contribution in [1.29, 1.82) is 0 Å². The van der Waals surface area contributed by atoms with Gasteiger partial charge in [-0.15, -0.1) is 10.2 Å². The highest BCUT2D eigenvalue weighted by Gasteiger charge is 2.19. The second-order valence-electron chi connectivity index (χ2n) is 5.60. The molecule has 3 aromatic rings. The number of pyridine rings is 1. The number of hydrogen-bond donors (Lipinski definition) is 2. The summed E-state index contributed by atoms with van der Waals surface area (Å²) in [7, 11) is 0. The molecule has 3 rings (SSSR count). The molecule has 0 fully saturated rings. The average Bonchev–Trinajstić information content (AvgIpc) is 3.04. The Labute approximate surface area is 174 Å². The lowest BCUT2D eigenvalue weighted by molar-refractivity contribution is -0.115. The summed E-state index contributed by atoms with van der Waals surface area (Å²) in [6, 6.07) is 9.50. The van der Waals surface area contributed by atoms with Gasteiger partial charge in [-0.3, -0.25) is 4.79 Å². The van der Waals surface area contributed by atoms with E-state index in [1.807, 2.05) is 31.2 Å². The summed E-state index contributed by atoms with van der Waals surface area (Å²) < 4.78 is 0.683. The number of rotatable bonds is 6. The number of amides is 1. The van der Waals surface area contributed by atoms with Gasteiger partial charge in [-0.05, 0) is 37.6 Å². The van der Waals surface area contributed by atoms with Crippen LogP contribution in [0.2, 0.25) is 10.0 Å². The SMILES string of the molecule is Cc1cccc(Nc2nnc(SC(C)C(=O)Nc3ncc(Cl)cc3Cl)s2)c1. The summed E-state index contributed by atoms with van der Waals surface area (Å²) >= 11 is 14.5. The van der Waals surface area contributed by atoms with Crippen molar-refractivity contribution < 1.29 is 4.79 Å². The molecule has 1 unspecified atom stereocenters. The third-order valence-corrected chi connectivity index (χ3v) is 5.89. The Morgan fingerprint density at radius 1 is 1.26 bits per heavy atom. The lowest BCUT2D eigenvalue weighted by atomic mass is 10.2. The van der Waals surface area contributed by atoms with Crippen LogP contribution in [-0.2, 0) is 4.79 Å². The van der Waals surface area contributed by atoms with Gasteiger partial charge in [0.15, 0.2) is 10.2 Å². The fraction of sp³-hybridized carbons (Fsp3) is 0.176. The zero-order valence-corrected chi connectivity index (χ0v) is 17.5. The number of aryl methyl sites for hydroxylation is 1. The topological polar surface area (TPSA) is 79.8 Å². The minimum atomic E-state index is -0.404. The summed E-state index contributed by atoms with van der Waals surface area (Å²) in [5.41, 5.74) is 2.09. The van der Waals surface area contributed by atoms with E-state index in [0.29, 0.717) is 14.5 Å². The highest BCUT2D eigenvalue weighted by molar-refractivity contribution is 8.02. The summed E-state index contributed by atoms with van der Waals surface area (Å²) in [6.07, 6.45) is 1.43. The molecule has 0 saturated carbocycles. The Morgan fingerprint density at radius 3 is 2.81 bits per heavy atom. The molecule has 27 heavy (non-hydrogen) atoms. The molecule has 0 aliphatic heterocycles. The van der Waals surface area contributed by atoms with Gasteiger partial charge in [0.25, 0.3) is 0 Å². The molecule has 0 saturated heterocycles. The molecule has 2 aromatic heterocycles. The molecule has 1 atom stereocenters. The number of carbonyl (C=O) groups is 1. The number of halogens is 2. The molecule has 1 aromatic carbocycles. The van der Waals surface area contributed by atoms with Crippen molar-refractivity contribution in [1.82, 2.24) is 15.2 Å². The van der Waals surface area contributed by atoms with Gasteiger partial charge in [0.05, 0.1) is 15.3 Å². The molecule has 0 radical (unpaired) electrons. The zero-order chi connectivity index (χ0) is 19.4. The number of carbonyl (C=O) groups excluding carboxylic acids is 1. The maximum atomic E-state index is 12.4. The van der Waals surface area contributed by atoms with Gasteiger partial charge in [-0.2, -0.15) is 0 Å². The van der Waals surface area contributed by atoms with Crippen LogP contribution in [0.3, 0.4) is 0 Å². The van der Waals surface area contributed by atoms with Gasteiger partial charge in [0.2, 0.25) is 11.0 Å². The first-order valence-corrected chi connectivity index (χ1v) is 10.3. The standard InChI is InChI=1S/C17H15Cl2N5OS2/c1-9-4-3-5-12(6-9)21-16-23-24-17(27-16)26-10(2)15(25)22-14-13(19)7-11(18)8-20-14/h3-8,10H,1-2H3,(H,21,23)(H,20,22,25). The van der Waals surface area contributed by atoms with Crippen LogP contribution >= 0.6 is 46.3 Å². The van der Waals surface area contributed by atoms with Crippen LogP contribution in [0.4, 0.5) is 16.6 Å². The number of anilines is 3. The normalized spacial score (nSPS) is 11.9. The molecular formula is C17H15Cl2N5OS2. The molecular weight excluding hydrogens is 425 g/mol. The van der Waals surface area contributed by atoms with E-state index in [9.17, 15) is 4.79 Å². The fourth-order valence-corrected chi connectivity index (χ4v) is 4.43. The van der Waals surface area contributed by atoms with Crippen molar-refractivity contribution in [3.63, 3.8) is 0 Å². The van der Waals surface area contributed by atoms with E-state index in [0.717, 1.165) is 11.3 Å². The molecule has 0 bridgehead atoms. The first-order chi connectivity index (χ1) is 12.9. The Bertz CT molecular complexity index is 966. The Balaban J connectivity index is 1.59. The molecule has 10 heteroatoms. The van der Waals surface area contributed by atoms with Crippen molar-refractivity contribution in [2.45, 2.75) is 23.4 Å². The van der Waals surface area contributed by atoms with Crippen LogP contribution in [0.1, 0.15) is 12.5 Å². The largest absolute Gasteiger partial charge is 0.330 e. The van der Waals surface area contributed by atoms with Crippen LogP contribution in [0, 0.1) is 6.92 Å².